The van der Waals surface area contributed by atoms with Crippen molar-refractivity contribution >= 4 is 33.7 Å². The number of nitrogens with zero attached hydrogens (tertiary/aromatic N) is 2. The molecule has 132 valence electrons. The van der Waals surface area contributed by atoms with Crippen molar-refractivity contribution in [1.82, 2.24) is 9.88 Å². The molecule has 8 heteroatoms. The van der Waals surface area contributed by atoms with E-state index in [0.29, 0.717) is 23.4 Å². The first-order valence-electron chi connectivity index (χ1n) is 7.81. The lowest BCUT2D eigenvalue weighted by Gasteiger charge is -2.29. The van der Waals surface area contributed by atoms with Crippen LogP contribution in [0.15, 0.2) is 16.7 Å². The smallest absolute Gasteiger partial charge is 0.410 e. The van der Waals surface area contributed by atoms with Crippen molar-refractivity contribution < 1.29 is 19.4 Å². The summed E-state index contributed by atoms with van der Waals surface area (Å²) in [6.07, 6.45) is 1.53. The van der Waals surface area contributed by atoms with Gasteiger partial charge in [-0.15, -0.1) is 0 Å². The number of aromatic nitrogens is 1. The summed E-state index contributed by atoms with van der Waals surface area (Å²) in [7, 11) is 0. The van der Waals surface area contributed by atoms with E-state index < -0.39 is 11.6 Å². The molecule has 1 amide bonds. The van der Waals surface area contributed by atoms with Crippen LogP contribution in [0, 0.1) is 0 Å². The zero-order valence-electron chi connectivity index (χ0n) is 14.0. The number of anilines is 1. The number of carboxylic acids is 1. The Morgan fingerprint density at radius 3 is 2.75 bits per heavy atom. The molecule has 1 aliphatic rings. The van der Waals surface area contributed by atoms with Gasteiger partial charge in [0.15, 0.2) is 0 Å². The van der Waals surface area contributed by atoms with E-state index in [0.717, 1.165) is 12.8 Å². The van der Waals surface area contributed by atoms with Crippen LogP contribution in [0.4, 0.5) is 10.5 Å². The molecule has 1 saturated heterocycles. The third kappa shape index (κ3) is 4.83. The number of amides is 1. The largest absolute Gasteiger partial charge is 0.477 e. The summed E-state index contributed by atoms with van der Waals surface area (Å²) in [5, 5.41) is 12.1. The number of hydrogen-bond donors (Lipinski definition) is 2. The summed E-state index contributed by atoms with van der Waals surface area (Å²) in [4.78, 5) is 28.9. The maximum Gasteiger partial charge on any atom is 0.410 e. The van der Waals surface area contributed by atoms with Gasteiger partial charge in [-0.2, -0.15) is 0 Å². The first-order chi connectivity index (χ1) is 11.2. The second-order valence-corrected chi connectivity index (χ2v) is 7.44. The second-order valence-electron chi connectivity index (χ2n) is 6.69. The van der Waals surface area contributed by atoms with Crippen LogP contribution in [0.25, 0.3) is 0 Å². The molecule has 1 aromatic heterocycles. The third-order valence-electron chi connectivity index (χ3n) is 3.60. The Hall–Kier alpha value is -1.83. The zero-order chi connectivity index (χ0) is 17.9. The molecule has 7 nitrogen and oxygen atoms in total. The fourth-order valence-corrected chi connectivity index (χ4v) is 2.99. The lowest BCUT2D eigenvalue weighted by Crippen LogP contribution is -2.42. The predicted molar refractivity (Wildman–Crippen MR) is 93.3 cm³/mol. The number of nitrogens with one attached hydrogen (secondary N) is 1. The van der Waals surface area contributed by atoms with Crippen molar-refractivity contribution in [2.45, 2.75) is 45.3 Å². The fraction of sp³-hybridized carbons (Fsp3) is 0.562. The first-order valence-corrected chi connectivity index (χ1v) is 8.60. The third-order valence-corrected chi connectivity index (χ3v) is 4.21. The topological polar surface area (TPSA) is 91.8 Å². The number of hydrogen-bond acceptors (Lipinski definition) is 5. The molecule has 2 heterocycles. The van der Waals surface area contributed by atoms with Crippen LogP contribution in [-0.2, 0) is 4.74 Å². The van der Waals surface area contributed by atoms with E-state index in [1.807, 2.05) is 20.8 Å². The van der Waals surface area contributed by atoms with Gasteiger partial charge in [-0.05, 0) is 61.7 Å². The van der Waals surface area contributed by atoms with E-state index >= 15 is 0 Å². The van der Waals surface area contributed by atoms with Gasteiger partial charge < -0.3 is 20.1 Å². The van der Waals surface area contributed by atoms with Crippen molar-refractivity contribution in [3.63, 3.8) is 0 Å². The van der Waals surface area contributed by atoms with Crippen molar-refractivity contribution in [1.29, 1.82) is 0 Å². The first kappa shape index (κ1) is 18.5. The van der Waals surface area contributed by atoms with Gasteiger partial charge in [0, 0.05) is 13.1 Å². The average Bonchev–Trinajstić information content (AvgIpc) is 2.92. The Morgan fingerprint density at radius 2 is 2.17 bits per heavy atom. The minimum atomic E-state index is -1.07. The van der Waals surface area contributed by atoms with Crippen molar-refractivity contribution in [2.75, 3.05) is 18.4 Å². The highest BCUT2D eigenvalue weighted by Crippen LogP contribution is 2.24. The highest BCUT2D eigenvalue weighted by atomic mass is 79.9. The van der Waals surface area contributed by atoms with E-state index in [-0.39, 0.29) is 17.8 Å². The average molecular weight is 400 g/mol. The van der Waals surface area contributed by atoms with Crippen molar-refractivity contribution in [2.24, 2.45) is 0 Å². The van der Waals surface area contributed by atoms with E-state index in [1.165, 1.54) is 6.07 Å². The van der Waals surface area contributed by atoms with Crippen LogP contribution in [-0.4, -0.2) is 51.8 Å². The second kappa shape index (κ2) is 7.38. The summed E-state index contributed by atoms with van der Waals surface area (Å²) in [6, 6.07) is 3.13. The highest BCUT2D eigenvalue weighted by Gasteiger charge is 2.32. The molecule has 1 atom stereocenters. The Morgan fingerprint density at radius 1 is 1.46 bits per heavy atom. The number of pyridine rings is 1. The van der Waals surface area contributed by atoms with Crippen LogP contribution in [0.5, 0.6) is 0 Å². The SMILES string of the molecule is CC(C)(C)OC(=O)N1CCC[C@H]1CNc1ccc(C(=O)O)nc1Br. The van der Waals surface area contributed by atoms with Crippen LogP contribution in [0.1, 0.15) is 44.1 Å². The maximum absolute atomic E-state index is 12.3. The molecule has 0 aromatic carbocycles. The molecule has 2 N–H and O–H groups in total. The monoisotopic (exact) mass is 399 g/mol. The number of carbonyl (C=O) groups excluding carboxylic acids is 1. The van der Waals surface area contributed by atoms with Crippen molar-refractivity contribution in [3.05, 3.63) is 22.4 Å². The molecule has 0 unspecified atom stereocenters. The molecule has 1 aromatic rings. The van der Waals surface area contributed by atoms with E-state index in [1.54, 1.807) is 11.0 Å². The van der Waals surface area contributed by atoms with Crippen LogP contribution in [0.3, 0.4) is 0 Å². The summed E-state index contributed by atoms with van der Waals surface area (Å²) >= 11 is 3.27. The quantitative estimate of drug-likeness (QED) is 0.754. The number of likely N-dealkylation sites (tertiary alicyclic amines) is 1. The number of aromatic carboxylic acids is 1. The van der Waals surface area contributed by atoms with Crippen LogP contribution >= 0.6 is 15.9 Å². The van der Waals surface area contributed by atoms with Gasteiger partial charge in [-0.25, -0.2) is 14.6 Å². The number of rotatable bonds is 4. The van der Waals surface area contributed by atoms with Gasteiger partial charge in [-0.3, -0.25) is 0 Å². The van der Waals surface area contributed by atoms with E-state index in [9.17, 15) is 9.59 Å². The summed E-state index contributed by atoms with van der Waals surface area (Å²) in [6.45, 7) is 6.77. The molecular weight excluding hydrogens is 378 g/mol. The van der Waals surface area contributed by atoms with Gasteiger partial charge in [0.05, 0.1) is 11.7 Å². The van der Waals surface area contributed by atoms with Crippen LogP contribution < -0.4 is 5.32 Å². The van der Waals surface area contributed by atoms with E-state index in [4.69, 9.17) is 9.84 Å². The molecule has 1 fully saturated rings. The van der Waals surface area contributed by atoms with Gasteiger partial charge in [0.1, 0.15) is 15.9 Å². The molecule has 0 spiro atoms. The van der Waals surface area contributed by atoms with Gasteiger partial charge in [-0.1, -0.05) is 0 Å². The Bertz CT molecular complexity index is 630. The molecule has 2 rings (SSSR count). The van der Waals surface area contributed by atoms with Gasteiger partial charge in [0.25, 0.3) is 0 Å². The van der Waals surface area contributed by atoms with Gasteiger partial charge >= 0.3 is 12.1 Å². The molecule has 24 heavy (non-hydrogen) atoms. The highest BCUT2D eigenvalue weighted by molar-refractivity contribution is 9.10. The Labute approximate surface area is 149 Å². The number of carboxylic acid groups (broad SMARTS) is 1. The molecule has 0 bridgehead atoms. The minimum Gasteiger partial charge on any atom is -0.477 e. The minimum absolute atomic E-state index is 0.0244. The molecule has 0 saturated carbocycles. The standard InChI is InChI=1S/C16H22BrN3O4/c1-16(2,3)24-15(23)20-8-4-5-10(20)9-18-11-6-7-12(14(21)22)19-13(11)17/h6-7,10,18H,4-5,8-9H2,1-3H3,(H,21,22)/t10-/m0/s1. The van der Waals surface area contributed by atoms with Crippen molar-refractivity contribution in [3.8, 4) is 0 Å². The normalized spacial score (nSPS) is 17.7. The Kier molecular flexibility index (Phi) is 5.69. The molecule has 0 aliphatic carbocycles. The summed E-state index contributed by atoms with van der Waals surface area (Å²) < 4.78 is 5.88. The lowest BCUT2D eigenvalue weighted by atomic mass is 10.2. The molecule has 1 aliphatic heterocycles. The molecular formula is C16H22BrN3O4. The predicted octanol–water partition coefficient (Wildman–Crippen LogP) is 3.35. The number of ether oxygens (including phenoxy) is 1. The number of carbonyl (C=O) groups is 2. The fourth-order valence-electron chi connectivity index (χ4n) is 2.52. The Balaban J connectivity index is 1.98. The lowest BCUT2D eigenvalue weighted by molar-refractivity contribution is 0.0235. The van der Waals surface area contributed by atoms with E-state index in [2.05, 4.69) is 26.2 Å². The molecule has 0 radical (unpaired) electrons. The summed E-state index contributed by atoms with van der Waals surface area (Å²) in [5.41, 5.74) is 0.150. The summed E-state index contributed by atoms with van der Waals surface area (Å²) in [5.74, 6) is -1.07. The maximum atomic E-state index is 12.3. The van der Waals surface area contributed by atoms with Gasteiger partial charge in [0.2, 0.25) is 0 Å². The van der Waals surface area contributed by atoms with Crippen LogP contribution in [0.2, 0.25) is 0 Å². The zero-order valence-corrected chi connectivity index (χ0v) is 15.6. The number of halogens is 1.